The summed E-state index contributed by atoms with van der Waals surface area (Å²) in [5, 5.41) is 11.8. The fourth-order valence-corrected chi connectivity index (χ4v) is 2.84. The number of nitrogens with one attached hydrogen (secondary N) is 1. The molecule has 2 aromatic carbocycles. The van der Waals surface area contributed by atoms with Crippen molar-refractivity contribution in [2.45, 2.75) is 19.0 Å². The first-order valence-corrected chi connectivity index (χ1v) is 9.20. The summed E-state index contributed by atoms with van der Waals surface area (Å²) in [6.07, 6.45) is 5.41. The minimum Gasteiger partial charge on any atom is -0.480 e. The van der Waals surface area contributed by atoms with Crippen molar-refractivity contribution in [3.05, 3.63) is 83.9 Å². The summed E-state index contributed by atoms with van der Waals surface area (Å²) in [6.45, 7) is 0.378. The van der Waals surface area contributed by atoms with Gasteiger partial charge >= 0.3 is 5.97 Å². The van der Waals surface area contributed by atoms with Crippen molar-refractivity contribution in [2.75, 3.05) is 0 Å². The van der Waals surface area contributed by atoms with Gasteiger partial charge in [0.25, 0.3) is 5.91 Å². The molecular formula is C21H22N6O3. The third kappa shape index (κ3) is 5.30. The third-order valence-corrected chi connectivity index (χ3v) is 4.43. The zero-order valence-electron chi connectivity index (χ0n) is 16.1. The number of carboxylic acid groups (broad SMARTS) is 1. The van der Waals surface area contributed by atoms with Gasteiger partial charge in [-0.05, 0) is 35.7 Å². The van der Waals surface area contributed by atoms with Crippen LogP contribution in [-0.4, -0.2) is 38.5 Å². The molecule has 1 amide bonds. The molecule has 1 aromatic heterocycles. The molecule has 0 aliphatic rings. The van der Waals surface area contributed by atoms with E-state index in [2.05, 4.69) is 15.3 Å². The fraction of sp³-hybridized carbons (Fsp3) is 0.143. The number of nitrogens with zero attached hydrogens (tertiary/aromatic N) is 3. The molecule has 1 atom stereocenters. The topological polar surface area (TPSA) is 149 Å². The Kier molecular flexibility index (Phi) is 6.56. The lowest BCUT2D eigenvalue weighted by Gasteiger charge is -2.11. The highest BCUT2D eigenvalue weighted by Gasteiger charge is 2.13. The number of aromatic nitrogens is 2. The molecule has 0 saturated heterocycles. The Labute approximate surface area is 173 Å². The molecule has 0 bridgehead atoms. The van der Waals surface area contributed by atoms with Gasteiger partial charge in [0.2, 0.25) is 0 Å². The van der Waals surface area contributed by atoms with Gasteiger partial charge in [-0.15, -0.1) is 0 Å². The Balaban J connectivity index is 1.62. The summed E-state index contributed by atoms with van der Waals surface area (Å²) in [4.78, 5) is 31.1. The first-order valence-electron chi connectivity index (χ1n) is 9.20. The number of guanidine groups is 1. The van der Waals surface area contributed by atoms with E-state index in [1.54, 1.807) is 36.8 Å². The number of nitrogens with two attached hydrogens (primary N) is 2. The lowest BCUT2D eigenvalue weighted by atomic mass is 10.0. The lowest BCUT2D eigenvalue weighted by molar-refractivity contribution is -0.138. The van der Waals surface area contributed by atoms with Crippen LogP contribution in [0.5, 0.6) is 0 Å². The molecule has 0 radical (unpaired) electrons. The Morgan fingerprint density at radius 3 is 2.57 bits per heavy atom. The molecular weight excluding hydrogens is 384 g/mol. The summed E-state index contributed by atoms with van der Waals surface area (Å²) in [7, 11) is 0. The van der Waals surface area contributed by atoms with Gasteiger partial charge in [-0.1, -0.05) is 30.3 Å². The summed E-state index contributed by atoms with van der Waals surface area (Å²) in [5.74, 6) is -1.58. The maximum Gasteiger partial charge on any atom is 0.320 e. The van der Waals surface area contributed by atoms with Crippen LogP contribution in [0.25, 0.3) is 5.69 Å². The average Bonchev–Trinajstić information content (AvgIpc) is 3.27. The molecule has 0 aliphatic heterocycles. The number of amides is 1. The van der Waals surface area contributed by atoms with Crippen LogP contribution in [-0.2, 0) is 17.8 Å². The number of hydrogen-bond acceptors (Lipinski definition) is 4. The third-order valence-electron chi connectivity index (χ3n) is 4.43. The molecule has 1 unspecified atom stereocenters. The quantitative estimate of drug-likeness (QED) is 0.339. The van der Waals surface area contributed by atoms with E-state index in [-0.39, 0.29) is 12.4 Å². The highest BCUT2D eigenvalue weighted by molar-refractivity contribution is 6.02. The van der Waals surface area contributed by atoms with Gasteiger partial charge < -0.3 is 26.5 Å². The molecule has 0 saturated carbocycles. The molecule has 0 fully saturated rings. The number of aliphatic imine (C=N–C) groups is 1. The van der Waals surface area contributed by atoms with E-state index in [1.165, 1.54) is 0 Å². The van der Waals surface area contributed by atoms with Gasteiger partial charge in [0.05, 0.1) is 12.0 Å². The van der Waals surface area contributed by atoms with Crippen molar-refractivity contribution in [3.63, 3.8) is 0 Å². The van der Waals surface area contributed by atoms with E-state index in [0.717, 1.165) is 11.3 Å². The van der Waals surface area contributed by atoms with Crippen LogP contribution in [0.4, 0.5) is 0 Å². The zero-order valence-corrected chi connectivity index (χ0v) is 16.1. The number of carbonyl (C=O) groups excluding carboxylic acids is 1. The van der Waals surface area contributed by atoms with Gasteiger partial charge in [0.15, 0.2) is 5.96 Å². The van der Waals surface area contributed by atoms with E-state index in [1.807, 2.05) is 35.0 Å². The minimum atomic E-state index is -1.08. The molecule has 0 aliphatic carbocycles. The molecule has 1 heterocycles. The monoisotopic (exact) mass is 406 g/mol. The van der Waals surface area contributed by atoms with Crippen molar-refractivity contribution in [1.29, 1.82) is 0 Å². The highest BCUT2D eigenvalue weighted by Crippen LogP contribution is 2.14. The number of para-hydroxylation sites is 1. The van der Waals surface area contributed by atoms with Crippen molar-refractivity contribution < 1.29 is 14.7 Å². The Bertz CT molecular complexity index is 1040. The molecule has 30 heavy (non-hydrogen) atoms. The number of benzene rings is 2. The Morgan fingerprint density at radius 2 is 1.90 bits per heavy atom. The first-order chi connectivity index (χ1) is 14.4. The van der Waals surface area contributed by atoms with Gasteiger partial charge in [-0.25, -0.2) is 4.98 Å². The van der Waals surface area contributed by atoms with Crippen LogP contribution < -0.4 is 16.8 Å². The summed E-state index contributed by atoms with van der Waals surface area (Å²) >= 11 is 0. The maximum atomic E-state index is 12.3. The van der Waals surface area contributed by atoms with E-state index >= 15 is 0 Å². The van der Waals surface area contributed by atoms with E-state index < -0.39 is 17.9 Å². The SMILES string of the molecule is NC(=NC(=O)c1ccc(CC(N)C(=O)O)cc1)NCc1ccccc1-n1ccnc1. The number of carbonyl (C=O) groups is 2. The second kappa shape index (κ2) is 9.48. The molecule has 3 rings (SSSR count). The summed E-state index contributed by atoms with van der Waals surface area (Å²) in [6, 6.07) is 13.2. The van der Waals surface area contributed by atoms with Gasteiger partial charge in [-0.2, -0.15) is 4.99 Å². The first kappa shape index (κ1) is 20.7. The van der Waals surface area contributed by atoms with E-state index in [9.17, 15) is 9.59 Å². The largest absolute Gasteiger partial charge is 0.480 e. The Morgan fingerprint density at radius 1 is 1.17 bits per heavy atom. The van der Waals surface area contributed by atoms with Crippen LogP contribution in [0.3, 0.4) is 0 Å². The smallest absolute Gasteiger partial charge is 0.320 e. The second-order valence-corrected chi connectivity index (χ2v) is 6.60. The predicted molar refractivity (Wildman–Crippen MR) is 112 cm³/mol. The van der Waals surface area contributed by atoms with Crippen molar-refractivity contribution in [1.82, 2.24) is 14.9 Å². The molecule has 0 spiro atoms. The molecule has 3 aromatic rings. The van der Waals surface area contributed by atoms with Crippen LogP contribution in [0.1, 0.15) is 21.5 Å². The highest BCUT2D eigenvalue weighted by atomic mass is 16.4. The van der Waals surface area contributed by atoms with Crippen LogP contribution >= 0.6 is 0 Å². The van der Waals surface area contributed by atoms with E-state index in [4.69, 9.17) is 16.6 Å². The summed E-state index contributed by atoms with van der Waals surface area (Å²) in [5.41, 5.74) is 14.3. The lowest BCUT2D eigenvalue weighted by Crippen LogP contribution is -2.32. The molecule has 9 nitrogen and oxygen atoms in total. The standard InChI is InChI=1S/C21H22N6O3/c22-17(20(29)30)11-14-5-7-15(8-6-14)19(28)26-21(23)25-12-16-3-1-2-4-18(16)27-10-9-24-13-27/h1-10,13,17H,11-12,22H2,(H,29,30)(H3,23,25,26,28). The fourth-order valence-electron chi connectivity index (χ4n) is 2.84. The van der Waals surface area contributed by atoms with Gasteiger partial charge in [0.1, 0.15) is 6.04 Å². The van der Waals surface area contributed by atoms with Crippen LogP contribution in [0, 0.1) is 0 Å². The van der Waals surface area contributed by atoms with Crippen molar-refractivity contribution in [3.8, 4) is 5.69 Å². The van der Waals surface area contributed by atoms with Crippen molar-refractivity contribution >= 4 is 17.8 Å². The van der Waals surface area contributed by atoms with E-state index in [0.29, 0.717) is 17.7 Å². The average molecular weight is 406 g/mol. The summed E-state index contributed by atoms with van der Waals surface area (Å²) < 4.78 is 1.88. The molecule has 6 N–H and O–H groups in total. The normalized spacial score (nSPS) is 12.4. The molecule has 154 valence electrons. The second-order valence-electron chi connectivity index (χ2n) is 6.60. The maximum absolute atomic E-state index is 12.3. The number of hydrogen-bond donors (Lipinski definition) is 4. The van der Waals surface area contributed by atoms with Crippen LogP contribution in [0.2, 0.25) is 0 Å². The number of carboxylic acids is 1. The van der Waals surface area contributed by atoms with Gasteiger partial charge in [-0.3, -0.25) is 9.59 Å². The number of imidazole rings is 1. The Hall–Kier alpha value is -3.98. The zero-order chi connectivity index (χ0) is 21.5. The number of rotatable bonds is 7. The van der Waals surface area contributed by atoms with Gasteiger partial charge in [0, 0.05) is 24.5 Å². The molecule has 9 heteroatoms. The van der Waals surface area contributed by atoms with Crippen LogP contribution in [0.15, 0.2) is 72.2 Å². The van der Waals surface area contributed by atoms with Crippen molar-refractivity contribution in [2.24, 2.45) is 16.5 Å². The minimum absolute atomic E-state index is 0.00240. The number of aliphatic carboxylic acids is 1. The predicted octanol–water partition coefficient (Wildman–Crippen LogP) is 1.07.